The fraction of sp³-hybridized carbons (Fsp3) is 0.333. The van der Waals surface area contributed by atoms with Crippen LogP contribution in [0.15, 0.2) is 22.6 Å². The van der Waals surface area contributed by atoms with Crippen LogP contribution >= 0.6 is 0 Å². The molecule has 0 spiro atoms. The van der Waals surface area contributed by atoms with Crippen molar-refractivity contribution in [3.63, 3.8) is 0 Å². The van der Waals surface area contributed by atoms with Gasteiger partial charge in [0.1, 0.15) is 17.2 Å². The number of rotatable bonds is 5. The highest BCUT2D eigenvalue weighted by Gasteiger charge is 2.17. The molecule has 4 nitrogen and oxygen atoms in total. The zero-order chi connectivity index (χ0) is 13.0. The molecule has 0 fully saturated rings. The number of hydrogen-bond acceptors (Lipinski definition) is 4. The molecule has 1 aromatic carbocycles. The Hall–Kier alpha value is -1.82. The SMILES string of the molecule is CCNCCc1nnc(-c2c(F)cccc2F)o1. The van der Waals surface area contributed by atoms with Gasteiger partial charge in [0.05, 0.1) is 0 Å². The molecule has 0 radical (unpaired) electrons. The molecule has 96 valence electrons. The number of aromatic nitrogens is 2. The third kappa shape index (κ3) is 2.70. The monoisotopic (exact) mass is 253 g/mol. The van der Waals surface area contributed by atoms with Crippen LogP contribution in [0.4, 0.5) is 8.78 Å². The van der Waals surface area contributed by atoms with Gasteiger partial charge in [-0.15, -0.1) is 10.2 Å². The maximum Gasteiger partial charge on any atom is 0.253 e. The van der Waals surface area contributed by atoms with Gasteiger partial charge in [-0.3, -0.25) is 0 Å². The normalized spacial score (nSPS) is 10.8. The third-order valence-electron chi connectivity index (χ3n) is 2.41. The van der Waals surface area contributed by atoms with E-state index >= 15 is 0 Å². The average Bonchev–Trinajstić information content (AvgIpc) is 2.78. The molecule has 0 saturated heterocycles. The molecule has 0 aliphatic heterocycles. The number of halogens is 2. The Morgan fingerprint density at radius 2 is 1.94 bits per heavy atom. The van der Waals surface area contributed by atoms with Crippen molar-refractivity contribution < 1.29 is 13.2 Å². The molecule has 0 atom stereocenters. The van der Waals surface area contributed by atoms with Crippen LogP contribution in [0, 0.1) is 11.6 Å². The van der Waals surface area contributed by atoms with E-state index in [1.54, 1.807) is 0 Å². The number of hydrogen-bond donors (Lipinski definition) is 1. The third-order valence-corrected chi connectivity index (χ3v) is 2.41. The van der Waals surface area contributed by atoms with Crippen molar-refractivity contribution >= 4 is 0 Å². The predicted octanol–water partition coefficient (Wildman–Crippen LogP) is 2.17. The summed E-state index contributed by atoms with van der Waals surface area (Å²) < 4.78 is 32.2. The smallest absolute Gasteiger partial charge is 0.253 e. The lowest BCUT2D eigenvalue weighted by atomic mass is 10.2. The molecule has 2 aromatic rings. The average molecular weight is 253 g/mol. The standard InChI is InChI=1S/C12H13F2N3O/c1-2-15-7-6-10-16-17-12(18-10)11-8(13)4-3-5-9(11)14/h3-5,15H,2,6-7H2,1H3. The largest absolute Gasteiger partial charge is 0.420 e. The Morgan fingerprint density at radius 3 is 2.61 bits per heavy atom. The summed E-state index contributed by atoms with van der Waals surface area (Å²) in [6.07, 6.45) is 0.525. The lowest BCUT2D eigenvalue weighted by Crippen LogP contribution is -2.16. The zero-order valence-corrected chi connectivity index (χ0v) is 9.91. The molecule has 0 aliphatic carbocycles. The minimum Gasteiger partial charge on any atom is -0.420 e. The van der Waals surface area contributed by atoms with Gasteiger partial charge in [0.2, 0.25) is 5.89 Å². The summed E-state index contributed by atoms with van der Waals surface area (Å²) >= 11 is 0. The fourth-order valence-corrected chi connectivity index (χ4v) is 1.53. The van der Waals surface area contributed by atoms with Crippen molar-refractivity contribution in [2.24, 2.45) is 0 Å². The van der Waals surface area contributed by atoms with Crippen molar-refractivity contribution in [3.8, 4) is 11.5 Å². The van der Waals surface area contributed by atoms with E-state index in [1.807, 2.05) is 6.92 Å². The summed E-state index contributed by atoms with van der Waals surface area (Å²) in [5.41, 5.74) is -0.278. The van der Waals surface area contributed by atoms with E-state index in [9.17, 15) is 8.78 Å². The second kappa shape index (κ2) is 5.68. The van der Waals surface area contributed by atoms with Crippen LogP contribution < -0.4 is 5.32 Å². The topological polar surface area (TPSA) is 51.0 Å². The van der Waals surface area contributed by atoms with E-state index in [2.05, 4.69) is 15.5 Å². The van der Waals surface area contributed by atoms with Gasteiger partial charge in [-0.1, -0.05) is 13.0 Å². The van der Waals surface area contributed by atoms with Crippen LogP contribution in [-0.4, -0.2) is 23.3 Å². The van der Waals surface area contributed by atoms with Crippen LogP contribution in [-0.2, 0) is 6.42 Å². The number of nitrogens with zero attached hydrogens (tertiary/aromatic N) is 2. The van der Waals surface area contributed by atoms with Crippen LogP contribution in [0.1, 0.15) is 12.8 Å². The first-order valence-electron chi connectivity index (χ1n) is 5.70. The van der Waals surface area contributed by atoms with E-state index in [1.165, 1.54) is 6.07 Å². The molecule has 18 heavy (non-hydrogen) atoms. The highest BCUT2D eigenvalue weighted by molar-refractivity contribution is 5.54. The highest BCUT2D eigenvalue weighted by Crippen LogP contribution is 2.24. The van der Waals surface area contributed by atoms with Crippen LogP contribution in [0.2, 0.25) is 0 Å². The minimum absolute atomic E-state index is 0.128. The first-order valence-corrected chi connectivity index (χ1v) is 5.70. The van der Waals surface area contributed by atoms with Gasteiger partial charge in [-0.25, -0.2) is 8.78 Å². The first-order chi connectivity index (χ1) is 8.72. The van der Waals surface area contributed by atoms with Crippen molar-refractivity contribution in [1.29, 1.82) is 0 Å². The van der Waals surface area contributed by atoms with E-state index < -0.39 is 11.6 Å². The zero-order valence-electron chi connectivity index (χ0n) is 9.91. The van der Waals surface area contributed by atoms with Crippen molar-refractivity contribution in [1.82, 2.24) is 15.5 Å². The van der Waals surface area contributed by atoms with Gasteiger partial charge in [0, 0.05) is 13.0 Å². The molecule has 2 rings (SSSR count). The van der Waals surface area contributed by atoms with Gasteiger partial charge >= 0.3 is 0 Å². The van der Waals surface area contributed by atoms with Crippen LogP contribution in [0.5, 0.6) is 0 Å². The van der Waals surface area contributed by atoms with E-state index in [0.29, 0.717) is 18.9 Å². The summed E-state index contributed by atoms with van der Waals surface area (Å²) in [6.45, 7) is 3.49. The molecule has 0 amide bonds. The van der Waals surface area contributed by atoms with Gasteiger partial charge < -0.3 is 9.73 Å². The summed E-state index contributed by atoms with van der Waals surface area (Å²) in [6, 6.07) is 3.60. The molecule has 6 heteroatoms. The molecular formula is C12H13F2N3O. The Morgan fingerprint density at radius 1 is 1.22 bits per heavy atom. The lowest BCUT2D eigenvalue weighted by molar-refractivity contribution is 0.487. The maximum atomic E-state index is 13.5. The number of nitrogens with one attached hydrogen (secondary N) is 1. The fourth-order valence-electron chi connectivity index (χ4n) is 1.53. The van der Waals surface area contributed by atoms with Gasteiger partial charge in [-0.05, 0) is 18.7 Å². The second-order valence-corrected chi connectivity index (χ2v) is 3.70. The molecule has 0 bridgehead atoms. The van der Waals surface area contributed by atoms with Gasteiger partial charge in [-0.2, -0.15) is 0 Å². The van der Waals surface area contributed by atoms with Crippen LogP contribution in [0.25, 0.3) is 11.5 Å². The van der Waals surface area contributed by atoms with Crippen molar-refractivity contribution in [2.45, 2.75) is 13.3 Å². The molecule has 1 aromatic heterocycles. The molecule has 0 aliphatic rings. The minimum atomic E-state index is -0.711. The van der Waals surface area contributed by atoms with E-state index in [4.69, 9.17) is 4.42 Å². The number of benzene rings is 1. The van der Waals surface area contributed by atoms with Crippen LogP contribution in [0.3, 0.4) is 0 Å². The van der Waals surface area contributed by atoms with E-state index in [0.717, 1.165) is 18.7 Å². The quantitative estimate of drug-likeness (QED) is 0.830. The maximum absolute atomic E-state index is 13.5. The van der Waals surface area contributed by atoms with Crippen molar-refractivity contribution in [2.75, 3.05) is 13.1 Å². The summed E-state index contributed by atoms with van der Waals surface area (Å²) in [5.74, 6) is -1.19. The van der Waals surface area contributed by atoms with Gasteiger partial charge in [0.25, 0.3) is 5.89 Å². The summed E-state index contributed by atoms with van der Waals surface area (Å²) in [7, 11) is 0. The molecule has 1 N–H and O–H groups in total. The van der Waals surface area contributed by atoms with E-state index in [-0.39, 0.29) is 11.5 Å². The second-order valence-electron chi connectivity index (χ2n) is 3.70. The summed E-state index contributed by atoms with van der Waals surface area (Å²) in [5, 5.41) is 10.5. The Kier molecular flexibility index (Phi) is 3.99. The number of likely N-dealkylation sites (N-methyl/N-ethyl adjacent to an activating group) is 1. The Balaban J connectivity index is 2.19. The van der Waals surface area contributed by atoms with Gasteiger partial charge in [0.15, 0.2) is 0 Å². The molecule has 1 heterocycles. The molecular weight excluding hydrogens is 240 g/mol. The first kappa shape index (κ1) is 12.6. The predicted molar refractivity (Wildman–Crippen MR) is 61.9 cm³/mol. The lowest BCUT2D eigenvalue weighted by Gasteiger charge is -1.99. The Bertz CT molecular complexity index is 508. The summed E-state index contributed by atoms with van der Waals surface area (Å²) in [4.78, 5) is 0. The molecule has 0 saturated carbocycles. The highest BCUT2D eigenvalue weighted by atomic mass is 19.1. The van der Waals surface area contributed by atoms with Crippen molar-refractivity contribution in [3.05, 3.63) is 35.7 Å². The molecule has 0 unspecified atom stereocenters. The Labute approximate surface area is 103 Å².